The normalized spacial score (nSPS) is 28.3. The van der Waals surface area contributed by atoms with Crippen molar-refractivity contribution in [1.29, 1.82) is 0 Å². The molecule has 0 aromatic carbocycles. The van der Waals surface area contributed by atoms with Gasteiger partial charge in [0.15, 0.2) is 0 Å². The summed E-state index contributed by atoms with van der Waals surface area (Å²) in [5.41, 5.74) is 0. The number of urea groups is 1. The first-order valence-electron chi connectivity index (χ1n) is 4.85. The third-order valence-electron chi connectivity index (χ3n) is 2.32. The standard InChI is InChI=1S/C9H18N2O/c1-3-5-7-8(6-4-2)11-9(12)10-7/h7-8H,3-6H2,1-2H3,(H2,10,11,12). The minimum absolute atomic E-state index is 0.00639. The van der Waals surface area contributed by atoms with Crippen LogP contribution in [0, 0.1) is 0 Å². The van der Waals surface area contributed by atoms with Crippen molar-refractivity contribution in [3.05, 3.63) is 0 Å². The lowest BCUT2D eigenvalue weighted by Crippen LogP contribution is -2.33. The number of carbonyl (C=O) groups excluding carboxylic acids is 1. The van der Waals surface area contributed by atoms with E-state index in [0.717, 1.165) is 25.7 Å². The van der Waals surface area contributed by atoms with Crippen LogP contribution in [0.15, 0.2) is 0 Å². The number of hydrogen-bond acceptors (Lipinski definition) is 1. The summed E-state index contributed by atoms with van der Waals surface area (Å²) in [5, 5.41) is 5.88. The van der Waals surface area contributed by atoms with Gasteiger partial charge >= 0.3 is 6.03 Å². The van der Waals surface area contributed by atoms with Gasteiger partial charge in [0.25, 0.3) is 0 Å². The molecule has 3 nitrogen and oxygen atoms in total. The Morgan fingerprint density at radius 3 is 1.83 bits per heavy atom. The van der Waals surface area contributed by atoms with Crippen molar-refractivity contribution < 1.29 is 4.79 Å². The van der Waals surface area contributed by atoms with Crippen LogP contribution < -0.4 is 10.6 Å². The van der Waals surface area contributed by atoms with E-state index in [1.807, 2.05) is 0 Å². The highest BCUT2D eigenvalue weighted by molar-refractivity contribution is 5.77. The lowest BCUT2D eigenvalue weighted by molar-refractivity contribution is 0.246. The number of carbonyl (C=O) groups is 1. The Kier molecular flexibility index (Phi) is 3.38. The monoisotopic (exact) mass is 170 g/mol. The molecule has 1 rings (SSSR count). The average molecular weight is 170 g/mol. The first kappa shape index (κ1) is 9.36. The molecular formula is C9H18N2O. The molecule has 0 saturated carbocycles. The smallest absolute Gasteiger partial charge is 0.315 e. The van der Waals surface area contributed by atoms with Crippen LogP contribution in [0.5, 0.6) is 0 Å². The minimum Gasteiger partial charge on any atom is -0.333 e. The Morgan fingerprint density at radius 2 is 1.50 bits per heavy atom. The molecule has 2 atom stereocenters. The van der Waals surface area contributed by atoms with Crippen molar-refractivity contribution in [2.45, 2.75) is 51.6 Å². The highest BCUT2D eigenvalue weighted by Crippen LogP contribution is 2.12. The van der Waals surface area contributed by atoms with Crippen molar-refractivity contribution >= 4 is 6.03 Å². The lowest BCUT2D eigenvalue weighted by atomic mass is 10.0. The first-order chi connectivity index (χ1) is 5.77. The van der Waals surface area contributed by atoms with Gasteiger partial charge in [-0.05, 0) is 12.8 Å². The van der Waals surface area contributed by atoms with Gasteiger partial charge in [-0.25, -0.2) is 4.79 Å². The maximum Gasteiger partial charge on any atom is 0.315 e. The van der Waals surface area contributed by atoms with Crippen molar-refractivity contribution in [1.82, 2.24) is 10.6 Å². The van der Waals surface area contributed by atoms with E-state index >= 15 is 0 Å². The quantitative estimate of drug-likeness (QED) is 0.661. The summed E-state index contributed by atoms with van der Waals surface area (Å²) in [5.74, 6) is 0. The second-order valence-electron chi connectivity index (χ2n) is 3.41. The third kappa shape index (κ3) is 2.13. The highest BCUT2D eigenvalue weighted by Gasteiger charge is 2.29. The zero-order chi connectivity index (χ0) is 8.97. The fourth-order valence-corrected chi connectivity index (χ4v) is 1.75. The van der Waals surface area contributed by atoms with E-state index in [1.165, 1.54) is 0 Å². The molecule has 2 N–H and O–H groups in total. The van der Waals surface area contributed by atoms with E-state index in [4.69, 9.17) is 0 Å². The van der Waals surface area contributed by atoms with Crippen LogP contribution in [0.2, 0.25) is 0 Å². The van der Waals surface area contributed by atoms with Gasteiger partial charge in [0.05, 0.1) is 12.1 Å². The molecule has 1 aliphatic heterocycles. The van der Waals surface area contributed by atoms with E-state index < -0.39 is 0 Å². The Morgan fingerprint density at radius 1 is 1.08 bits per heavy atom. The molecule has 1 fully saturated rings. The van der Waals surface area contributed by atoms with Crippen molar-refractivity contribution in [2.24, 2.45) is 0 Å². The topological polar surface area (TPSA) is 41.1 Å². The Hall–Kier alpha value is -0.730. The second kappa shape index (κ2) is 4.33. The summed E-state index contributed by atoms with van der Waals surface area (Å²) in [7, 11) is 0. The van der Waals surface area contributed by atoms with E-state index in [0.29, 0.717) is 12.1 Å². The third-order valence-corrected chi connectivity index (χ3v) is 2.32. The number of hydrogen-bond donors (Lipinski definition) is 2. The van der Waals surface area contributed by atoms with Gasteiger partial charge in [0, 0.05) is 0 Å². The maximum absolute atomic E-state index is 11.0. The molecule has 0 aromatic heterocycles. The van der Waals surface area contributed by atoms with Gasteiger partial charge in [-0.15, -0.1) is 0 Å². The average Bonchev–Trinajstić information content (AvgIpc) is 2.33. The molecule has 3 heteroatoms. The van der Waals surface area contributed by atoms with Crippen LogP contribution in [0.25, 0.3) is 0 Å². The van der Waals surface area contributed by atoms with Crippen LogP contribution in [-0.2, 0) is 0 Å². The second-order valence-corrected chi connectivity index (χ2v) is 3.41. The van der Waals surface area contributed by atoms with Gasteiger partial charge in [0.2, 0.25) is 0 Å². The minimum atomic E-state index is 0.00639. The van der Waals surface area contributed by atoms with Crippen LogP contribution in [0.4, 0.5) is 4.79 Å². The summed E-state index contributed by atoms with van der Waals surface area (Å²) in [4.78, 5) is 11.0. The lowest BCUT2D eigenvalue weighted by Gasteiger charge is -2.16. The number of nitrogens with one attached hydrogen (secondary N) is 2. The van der Waals surface area contributed by atoms with E-state index in [1.54, 1.807) is 0 Å². The maximum atomic E-state index is 11.0. The van der Waals surface area contributed by atoms with E-state index in [-0.39, 0.29) is 6.03 Å². The molecule has 0 radical (unpaired) electrons. The van der Waals surface area contributed by atoms with Crippen molar-refractivity contribution in [3.63, 3.8) is 0 Å². The zero-order valence-corrected chi connectivity index (χ0v) is 7.89. The van der Waals surface area contributed by atoms with Crippen molar-refractivity contribution in [2.75, 3.05) is 0 Å². The van der Waals surface area contributed by atoms with Crippen LogP contribution in [0.3, 0.4) is 0 Å². The van der Waals surface area contributed by atoms with Crippen LogP contribution in [0.1, 0.15) is 39.5 Å². The molecule has 0 spiro atoms. The van der Waals surface area contributed by atoms with Gasteiger partial charge in [-0.2, -0.15) is 0 Å². The molecule has 1 saturated heterocycles. The largest absolute Gasteiger partial charge is 0.333 e. The predicted octanol–water partition coefficient (Wildman–Crippen LogP) is 1.64. The molecule has 1 heterocycles. The van der Waals surface area contributed by atoms with Crippen molar-refractivity contribution in [3.8, 4) is 0 Å². The summed E-state index contributed by atoms with van der Waals surface area (Å²) >= 11 is 0. The summed E-state index contributed by atoms with van der Waals surface area (Å²) in [6, 6.07) is 0.733. The number of rotatable bonds is 4. The fraction of sp³-hybridized carbons (Fsp3) is 0.889. The summed E-state index contributed by atoms with van der Waals surface area (Å²) in [6.45, 7) is 4.29. The summed E-state index contributed by atoms with van der Waals surface area (Å²) in [6.07, 6.45) is 4.44. The molecule has 0 aliphatic carbocycles. The van der Waals surface area contributed by atoms with E-state index in [9.17, 15) is 4.79 Å². The fourth-order valence-electron chi connectivity index (χ4n) is 1.75. The van der Waals surface area contributed by atoms with E-state index in [2.05, 4.69) is 24.5 Å². The molecule has 70 valence electrons. The Labute approximate surface area is 73.9 Å². The molecule has 0 aromatic rings. The van der Waals surface area contributed by atoms with Gasteiger partial charge in [0.1, 0.15) is 0 Å². The summed E-state index contributed by atoms with van der Waals surface area (Å²) < 4.78 is 0. The molecule has 2 unspecified atom stereocenters. The molecule has 12 heavy (non-hydrogen) atoms. The van der Waals surface area contributed by atoms with Gasteiger partial charge in [-0.3, -0.25) is 0 Å². The van der Waals surface area contributed by atoms with Crippen LogP contribution >= 0.6 is 0 Å². The van der Waals surface area contributed by atoms with Gasteiger partial charge in [-0.1, -0.05) is 26.7 Å². The zero-order valence-electron chi connectivity index (χ0n) is 7.89. The van der Waals surface area contributed by atoms with Gasteiger partial charge < -0.3 is 10.6 Å². The molecule has 0 bridgehead atoms. The SMILES string of the molecule is CCCC1NC(=O)NC1CCC. The predicted molar refractivity (Wildman–Crippen MR) is 49.1 cm³/mol. The Bertz CT molecular complexity index is 143. The Balaban J connectivity index is 2.41. The first-order valence-corrected chi connectivity index (χ1v) is 4.85. The molecule has 1 aliphatic rings. The molecule has 2 amide bonds. The van der Waals surface area contributed by atoms with Crippen LogP contribution in [-0.4, -0.2) is 18.1 Å². The molecular weight excluding hydrogens is 152 g/mol. The number of amides is 2. The highest BCUT2D eigenvalue weighted by atomic mass is 16.2.